The van der Waals surface area contributed by atoms with E-state index in [4.69, 9.17) is 0 Å². The van der Waals surface area contributed by atoms with Gasteiger partial charge in [-0.2, -0.15) is 9.61 Å². The molecule has 0 unspecified atom stereocenters. The number of fused-ring (bicyclic) bond motifs is 1. The number of benzene rings is 1. The topological polar surface area (TPSA) is 49.6 Å². The van der Waals surface area contributed by atoms with Gasteiger partial charge in [0, 0.05) is 32.7 Å². The highest BCUT2D eigenvalue weighted by Gasteiger charge is 2.19. The van der Waals surface area contributed by atoms with Gasteiger partial charge in [-0.25, -0.2) is 4.98 Å². The van der Waals surface area contributed by atoms with Crippen molar-refractivity contribution in [2.24, 2.45) is 0 Å². The van der Waals surface area contributed by atoms with Crippen molar-refractivity contribution < 1.29 is 0 Å². The zero-order valence-corrected chi connectivity index (χ0v) is 14.4. The Morgan fingerprint density at radius 1 is 1.08 bits per heavy atom. The predicted molar refractivity (Wildman–Crippen MR) is 99.5 cm³/mol. The van der Waals surface area contributed by atoms with Crippen LogP contribution >= 0.6 is 0 Å². The van der Waals surface area contributed by atoms with E-state index in [1.807, 2.05) is 10.7 Å². The molecular weight excluding hydrogens is 312 g/mol. The second-order valence-corrected chi connectivity index (χ2v) is 6.46. The Morgan fingerprint density at radius 2 is 1.88 bits per heavy atom. The third-order valence-electron chi connectivity index (χ3n) is 4.55. The highest BCUT2D eigenvalue weighted by Crippen LogP contribution is 2.16. The zero-order chi connectivity index (χ0) is 17.1. The van der Waals surface area contributed by atoms with Crippen molar-refractivity contribution in [2.45, 2.75) is 6.92 Å². The monoisotopic (exact) mass is 334 g/mol. The minimum Gasteiger partial charge on any atom is -0.353 e. The summed E-state index contributed by atoms with van der Waals surface area (Å²) in [6.45, 7) is 7.22. The third kappa shape index (κ3) is 3.53. The van der Waals surface area contributed by atoms with Gasteiger partial charge in [0.2, 0.25) is 0 Å². The smallest absolute Gasteiger partial charge is 0.175 e. The molecule has 0 saturated carbocycles. The van der Waals surface area contributed by atoms with Crippen molar-refractivity contribution in [1.82, 2.24) is 24.5 Å². The molecule has 6 nitrogen and oxygen atoms in total. The first-order valence-corrected chi connectivity index (χ1v) is 8.63. The highest BCUT2D eigenvalue weighted by molar-refractivity contribution is 5.52. The molecule has 1 saturated heterocycles. The van der Waals surface area contributed by atoms with Gasteiger partial charge in [-0.1, -0.05) is 42.0 Å². The number of rotatable bonds is 4. The summed E-state index contributed by atoms with van der Waals surface area (Å²) in [6.07, 6.45) is 7.46. The summed E-state index contributed by atoms with van der Waals surface area (Å²) in [5.74, 6) is 1.02. The average molecular weight is 334 g/mol. The number of aromatic nitrogens is 4. The van der Waals surface area contributed by atoms with E-state index in [2.05, 4.69) is 68.2 Å². The lowest BCUT2D eigenvalue weighted by atomic mass is 10.1. The van der Waals surface area contributed by atoms with E-state index < -0.39 is 0 Å². The van der Waals surface area contributed by atoms with Crippen LogP contribution in [0.25, 0.3) is 11.7 Å². The number of hydrogen-bond donors (Lipinski definition) is 0. The number of piperazine rings is 1. The fourth-order valence-electron chi connectivity index (χ4n) is 3.32. The van der Waals surface area contributed by atoms with Crippen molar-refractivity contribution in [2.75, 3.05) is 37.6 Å². The molecule has 1 fully saturated rings. The van der Waals surface area contributed by atoms with Crippen molar-refractivity contribution in [1.29, 1.82) is 0 Å². The maximum Gasteiger partial charge on any atom is 0.175 e. The molecule has 0 spiro atoms. The lowest BCUT2D eigenvalue weighted by molar-refractivity contribution is 0.277. The molecule has 3 heterocycles. The second-order valence-electron chi connectivity index (χ2n) is 6.46. The Labute approximate surface area is 147 Å². The minimum absolute atomic E-state index is 0.793. The van der Waals surface area contributed by atoms with Crippen molar-refractivity contribution in [3.63, 3.8) is 0 Å². The van der Waals surface area contributed by atoms with E-state index in [1.165, 1.54) is 11.1 Å². The van der Waals surface area contributed by atoms with Crippen LogP contribution in [0.1, 0.15) is 12.5 Å². The first-order valence-electron chi connectivity index (χ1n) is 8.63. The SMILES string of the molecule is C/C(=C\c1ccccc1)CN1CCN(c2cncc3ncnn23)CC1. The molecule has 3 aromatic rings. The summed E-state index contributed by atoms with van der Waals surface area (Å²) in [4.78, 5) is 13.3. The molecule has 0 atom stereocenters. The number of anilines is 1. The van der Waals surface area contributed by atoms with Gasteiger partial charge in [-0.15, -0.1) is 0 Å². The van der Waals surface area contributed by atoms with E-state index in [0.29, 0.717) is 0 Å². The van der Waals surface area contributed by atoms with Crippen LogP contribution in [-0.4, -0.2) is 57.2 Å². The normalized spacial score (nSPS) is 16.5. The summed E-state index contributed by atoms with van der Waals surface area (Å²) in [5.41, 5.74) is 3.45. The van der Waals surface area contributed by atoms with Gasteiger partial charge in [-0.3, -0.25) is 9.88 Å². The van der Waals surface area contributed by atoms with Crippen LogP contribution in [0.2, 0.25) is 0 Å². The minimum atomic E-state index is 0.793. The van der Waals surface area contributed by atoms with E-state index in [1.54, 1.807) is 12.5 Å². The lowest BCUT2D eigenvalue weighted by Crippen LogP contribution is -2.47. The number of nitrogens with zero attached hydrogens (tertiary/aromatic N) is 6. The quantitative estimate of drug-likeness (QED) is 0.733. The van der Waals surface area contributed by atoms with Gasteiger partial charge < -0.3 is 4.90 Å². The molecule has 0 radical (unpaired) electrons. The predicted octanol–water partition coefficient (Wildman–Crippen LogP) is 2.35. The standard InChI is InChI=1S/C19H22N6/c1-16(11-17-5-3-2-4-6-17)14-23-7-9-24(10-8-23)19-13-20-12-18-21-15-22-25(18)19/h2-6,11-13,15H,7-10,14H2,1H3/b16-11+. The Kier molecular flexibility index (Phi) is 4.43. The Bertz CT molecular complexity index is 862. The van der Waals surface area contributed by atoms with Crippen LogP contribution in [-0.2, 0) is 0 Å². The van der Waals surface area contributed by atoms with Crippen molar-refractivity contribution in [3.05, 3.63) is 60.2 Å². The second kappa shape index (κ2) is 7.03. The van der Waals surface area contributed by atoms with Crippen LogP contribution in [0.3, 0.4) is 0 Å². The third-order valence-corrected chi connectivity index (χ3v) is 4.55. The van der Waals surface area contributed by atoms with Crippen molar-refractivity contribution in [3.8, 4) is 0 Å². The first kappa shape index (κ1) is 15.8. The van der Waals surface area contributed by atoms with E-state index in [0.717, 1.165) is 44.2 Å². The fraction of sp³-hybridized carbons (Fsp3) is 0.316. The molecule has 1 aromatic carbocycles. The van der Waals surface area contributed by atoms with E-state index in [9.17, 15) is 0 Å². The van der Waals surface area contributed by atoms with Gasteiger partial charge >= 0.3 is 0 Å². The molecule has 6 heteroatoms. The largest absolute Gasteiger partial charge is 0.353 e. The van der Waals surface area contributed by atoms with Gasteiger partial charge in [0.15, 0.2) is 11.5 Å². The van der Waals surface area contributed by atoms with Gasteiger partial charge in [0.1, 0.15) is 6.33 Å². The Hall–Kier alpha value is -2.73. The molecule has 4 rings (SSSR count). The molecule has 1 aliphatic rings. The van der Waals surface area contributed by atoms with Crippen LogP contribution in [0.5, 0.6) is 0 Å². The molecule has 25 heavy (non-hydrogen) atoms. The molecule has 1 aliphatic heterocycles. The molecule has 0 amide bonds. The Morgan fingerprint density at radius 3 is 2.68 bits per heavy atom. The van der Waals surface area contributed by atoms with Crippen LogP contribution < -0.4 is 4.90 Å². The van der Waals surface area contributed by atoms with E-state index >= 15 is 0 Å². The van der Waals surface area contributed by atoms with Gasteiger partial charge in [0.25, 0.3) is 0 Å². The Balaban J connectivity index is 1.38. The number of hydrogen-bond acceptors (Lipinski definition) is 5. The molecular formula is C19H22N6. The van der Waals surface area contributed by atoms with Gasteiger partial charge in [-0.05, 0) is 12.5 Å². The van der Waals surface area contributed by atoms with Crippen molar-refractivity contribution >= 4 is 17.5 Å². The fourth-order valence-corrected chi connectivity index (χ4v) is 3.32. The van der Waals surface area contributed by atoms with E-state index in [-0.39, 0.29) is 0 Å². The summed E-state index contributed by atoms with van der Waals surface area (Å²) in [5, 5.41) is 4.31. The highest BCUT2D eigenvalue weighted by atomic mass is 15.4. The molecule has 0 N–H and O–H groups in total. The molecule has 2 aromatic heterocycles. The van der Waals surface area contributed by atoms with Crippen LogP contribution in [0.15, 0.2) is 54.6 Å². The van der Waals surface area contributed by atoms with Gasteiger partial charge in [0.05, 0.1) is 12.4 Å². The zero-order valence-electron chi connectivity index (χ0n) is 14.4. The van der Waals surface area contributed by atoms with Crippen LogP contribution in [0.4, 0.5) is 5.82 Å². The molecule has 0 bridgehead atoms. The summed E-state index contributed by atoms with van der Waals surface area (Å²) >= 11 is 0. The lowest BCUT2D eigenvalue weighted by Gasteiger charge is -2.35. The summed E-state index contributed by atoms with van der Waals surface area (Å²) < 4.78 is 1.86. The first-order chi connectivity index (χ1) is 12.3. The summed E-state index contributed by atoms with van der Waals surface area (Å²) in [6, 6.07) is 10.5. The summed E-state index contributed by atoms with van der Waals surface area (Å²) in [7, 11) is 0. The molecule has 0 aliphatic carbocycles. The van der Waals surface area contributed by atoms with Crippen LogP contribution in [0, 0.1) is 0 Å². The maximum atomic E-state index is 4.31. The maximum absolute atomic E-state index is 4.31. The average Bonchev–Trinajstić information content (AvgIpc) is 3.12. The molecule has 128 valence electrons.